The smallest absolute Gasteiger partial charge is 0.330 e. The largest absolute Gasteiger partial charge is 0.467 e. The van der Waals surface area contributed by atoms with Gasteiger partial charge in [0, 0.05) is 0 Å². The first-order valence-corrected chi connectivity index (χ1v) is 7.43. The first-order valence-electron chi connectivity index (χ1n) is 7.43. The molecule has 1 unspecified atom stereocenters. The van der Waals surface area contributed by atoms with E-state index in [1.807, 2.05) is 30.3 Å². The Labute approximate surface area is 128 Å². The fourth-order valence-electron chi connectivity index (χ4n) is 3.46. The molecule has 0 aromatic heterocycles. The van der Waals surface area contributed by atoms with Crippen molar-refractivity contribution < 1.29 is 9.53 Å². The minimum Gasteiger partial charge on any atom is -0.467 e. The second-order valence-corrected chi connectivity index (χ2v) is 7.91. The summed E-state index contributed by atoms with van der Waals surface area (Å²) in [7, 11) is 1.39. The van der Waals surface area contributed by atoms with E-state index < -0.39 is 5.54 Å². The number of esters is 1. The van der Waals surface area contributed by atoms with Crippen LogP contribution in [0.2, 0.25) is 0 Å². The Morgan fingerprint density at radius 2 is 1.57 bits per heavy atom. The van der Waals surface area contributed by atoms with Crippen molar-refractivity contribution in [1.82, 2.24) is 0 Å². The van der Waals surface area contributed by atoms with Gasteiger partial charge < -0.3 is 10.5 Å². The maximum atomic E-state index is 12.3. The van der Waals surface area contributed by atoms with Crippen molar-refractivity contribution in [2.75, 3.05) is 7.11 Å². The summed E-state index contributed by atoms with van der Waals surface area (Å²) in [5.41, 5.74) is 6.31. The molecule has 0 radical (unpaired) electrons. The van der Waals surface area contributed by atoms with E-state index in [0.29, 0.717) is 6.42 Å². The Hall–Kier alpha value is -1.35. The monoisotopic (exact) mass is 291 g/mol. The molecule has 0 bridgehead atoms. The molecule has 0 heterocycles. The van der Waals surface area contributed by atoms with Gasteiger partial charge in [0.2, 0.25) is 0 Å². The SMILES string of the molecule is COC(=O)C(N)(CC(C)(C)CC(C)(C)C)c1ccccc1. The molecule has 0 amide bonds. The van der Waals surface area contributed by atoms with Crippen LogP contribution in [-0.4, -0.2) is 13.1 Å². The predicted octanol–water partition coefficient (Wildman–Crippen LogP) is 3.87. The molecule has 0 saturated heterocycles. The van der Waals surface area contributed by atoms with E-state index in [-0.39, 0.29) is 16.8 Å². The number of benzene rings is 1. The highest BCUT2D eigenvalue weighted by Crippen LogP contribution is 2.41. The summed E-state index contributed by atoms with van der Waals surface area (Å²) >= 11 is 0. The highest BCUT2D eigenvalue weighted by atomic mass is 16.5. The summed E-state index contributed by atoms with van der Waals surface area (Å²) in [5.74, 6) is -0.379. The normalized spacial score (nSPS) is 15.4. The van der Waals surface area contributed by atoms with Crippen molar-refractivity contribution in [3.05, 3.63) is 35.9 Å². The molecule has 0 fully saturated rings. The highest BCUT2D eigenvalue weighted by Gasteiger charge is 2.43. The lowest BCUT2D eigenvalue weighted by molar-refractivity contribution is -0.149. The van der Waals surface area contributed by atoms with Crippen LogP contribution in [0.5, 0.6) is 0 Å². The summed E-state index contributed by atoms with van der Waals surface area (Å²) in [6.07, 6.45) is 1.52. The van der Waals surface area contributed by atoms with Gasteiger partial charge in [-0.05, 0) is 29.2 Å². The van der Waals surface area contributed by atoms with Crippen molar-refractivity contribution in [3.8, 4) is 0 Å². The van der Waals surface area contributed by atoms with Crippen molar-refractivity contribution in [2.45, 2.75) is 53.0 Å². The summed E-state index contributed by atoms with van der Waals surface area (Å²) < 4.78 is 4.98. The molecule has 1 rings (SSSR count). The van der Waals surface area contributed by atoms with Crippen LogP contribution in [0.3, 0.4) is 0 Å². The Morgan fingerprint density at radius 3 is 2.00 bits per heavy atom. The van der Waals surface area contributed by atoms with Gasteiger partial charge in [-0.15, -0.1) is 0 Å². The Morgan fingerprint density at radius 1 is 1.05 bits per heavy atom. The molecule has 1 atom stereocenters. The van der Waals surface area contributed by atoms with Crippen LogP contribution in [0.1, 0.15) is 53.0 Å². The lowest BCUT2D eigenvalue weighted by atomic mass is 9.68. The molecule has 2 N–H and O–H groups in total. The standard InChI is InChI=1S/C18H29NO2/c1-16(2,3)12-17(4,5)13-18(19,15(20)21-6)14-10-8-7-9-11-14/h7-11H,12-13,19H2,1-6H3. The first kappa shape index (κ1) is 17.7. The maximum absolute atomic E-state index is 12.3. The second kappa shape index (κ2) is 6.18. The zero-order chi connectivity index (χ0) is 16.3. The number of hydrogen-bond donors (Lipinski definition) is 1. The molecule has 21 heavy (non-hydrogen) atoms. The van der Waals surface area contributed by atoms with Crippen LogP contribution < -0.4 is 5.73 Å². The molecule has 3 heteroatoms. The molecule has 0 aliphatic heterocycles. The Bertz CT molecular complexity index is 474. The van der Waals surface area contributed by atoms with Crippen molar-refractivity contribution in [3.63, 3.8) is 0 Å². The van der Waals surface area contributed by atoms with Crippen molar-refractivity contribution >= 4 is 5.97 Å². The van der Waals surface area contributed by atoms with Crippen LogP contribution in [-0.2, 0) is 15.1 Å². The zero-order valence-corrected chi connectivity index (χ0v) is 14.2. The highest BCUT2D eigenvalue weighted by molar-refractivity contribution is 5.82. The van der Waals surface area contributed by atoms with E-state index in [0.717, 1.165) is 12.0 Å². The molecule has 1 aromatic rings. The topological polar surface area (TPSA) is 52.3 Å². The minimum absolute atomic E-state index is 0.0724. The Balaban J connectivity index is 3.13. The molecular formula is C18H29NO2. The fourth-order valence-corrected chi connectivity index (χ4v) is 3.46. The molecule has 118 valence electrons. The number of nitrogens with two attached hydrogens (primary N) is 1. The number of ether oxygens (including phenoxy) is 1. The number of rotatable bonds is 5. The molecule has 1 aromatic carbocycles. The third-order valence-electron chi connectivity index (χ3n) is 3.60. The fraction of sp³-hybridized carbons (Fsp3) is 0.611. The summed E-state index contributed by atoms with van der Waals surface area (Å²) in [5, 5.41) is 0. The molecule has 0 aliphatic carbocycles. The van der Waals surface area contributed by atoms with Crippen LogP contribution >= 0.6 is 0 Å². The number of hydrogen-bond acceptors (Lipinski definition) is 3. The average molecular weight is 291 g/mol. The Kier molecular flexibility index (Phi) is 5.21. The molecule has 3 nitrogen and oxygen atoms in total. The van der Waals surface area contributed by atoms with Crippen LogP contribution in [0.25, 0.3) is 0 Å². The molecule has 0 spiro atoms. The van der Waals surface area contributed by atoms with E-state index in [1.54, 1.807) is 0 Å². The van der Waals surface area contributed by atoms with Crippen molar-refractivity contribution in [1.29, 1.82) is 0 Å². The predicted molar refractivity (Wildman–Crippen MR) is 86.8 cm³/mol. The van der Waals surface area contributed by atoms with Crippen molar-refractivity contribution in [2.24, 2.45) is 16.6 Å². The quantitative estimate of drug-likeness (QED) is 0.838. The third kappa shape index (κ3) is 4.85. The summed E-state index contributed by atoms with van der Waals surface area (Å²) in [6.45, 7) is 10.9. The van der Waals surface area contributed by atoms with Crippen LogP contribution in [0, 0.1) is 10.8 Å². The molecule has 0 saturated carbocycles. The second-order valence-electron chi connectivity index (χ2n) is 7.91. The van der Waals surface area contributed by atoms with Gasteiger partial charge in [-0.25, -0.2) is 4.79 Å². The average Bonchev–Trinajstić information content (AvgIpc) is 2.35. The van der Waals surface area contributed by atoms with E-state index in [2.05, 4.69) is 34.6 Å². The van der Waals surface area contributed by atoms with Gasteiger partial charge in [0.1, 0.15) is 5.54 Å². The van der Waals surface area contributed by atoms with Gasteiger partial charge in [-0.1, -0.05) is 65.0 Å². The van der Waals surface area contributed by atoms with Gasteiger partial charge in [0.25, 0.3) is 0 Å². The van der Waals surface area contributed by atoms with Gasteiger partial charge in [0.15, 0.2) is 0 Å². The van der Waals surface area contributed by atoms with E-state index >= 15 is 0 Å². The zero-order valence-electron chi connectivity index (χ0n) is 14.2. The summed E-state index contributed by atoms with van der Waals surface area (Å²) in [6, 6.07) is 9.50. The third-order valence-corrected chi connectivity index (χ3v) is 3.60. The minimum atomic E-state index is -1.11. The van der Waals surface area contributed by atoms with E-state index in [9.17, 15) is 4.79 Å². The molecule has 0 aliphatic rings. The molecular weight excluding hydrogens is 262 g/mol. The first-order chi connectivity index (χ1) is 9.50. The van der Waals surface area contributed by atoms with E-state index in [4.69, 9.17) is 10.5 Å². The number of methoxy groups -OCH3 is 1. The summed E-state index contributed by atoms with van der Waals surface area (Å²) in [4.78, 5) is 12.3. The van der Waals surface area contributed by atoms with Crippen LogP contribution in [0.4, 0.5) is 0 Å². The maximum Gasteiger partial charge on any atom is 0.330 e. The van der Waals surface area contributed by atoms with Crippen LogP contribution in [0.15, 0.2) is 30.3 Å². The van der Waals surface area contributed by atoms with E-state index in [1.165, 1.54) is 7.11 Å². The lowest BCUT2D eigenvalue weighted by Crippen LogP contribution is -2.49. The lowest BCUT2D eigenvalue weighted by Gasteiger charge is -2.39. The van der Waals surface area contributed by atoms with Gasteiger partial charge in [0.05, 0.1) is 7.11 Å². The van der Waals surface area contributed by atoms with Gasteiger partial charge in [-0.3, -0.25) is 0 Å². The van der Waals surface area contributed by atoms with Gasteiger partial charge in [-0.2, -0.15) is 0 Å². The van der Waals surface area contributed by atoms with Gasteiger partial charge >= 0.3 is 5.97 Å². The number of carbonyl (C=O) groups is 1. The number of carbonyl (C=O) groups excluding carboxylic acids is 1.